The molecule has 0 aromatic heterocycles. The van der Waals surface area contributed by atoms with Crippen LogP contribution in [0.25, 0.3) is 0 Å². The molecule has 2 aromatic carbocycles. The van der Waals surface area contributed by atoms with Gasteiger partial charge >= 0.3 is 0 Å². The number of likely N-dealkylation sites (tertiary alicyclic amines) is 1. The van der Waals surface area contributed by atoms with Gasteiger partial charge in [0.2, 0.25) is 0 Å². The van der Waals surface area contributed by atoms with Crippen molar-refractivity contribution in [2.75, 3.05) is 32.4 Å². The number of nitrogens with zero attached hydrogens (tertiary/aromatic N) is 1. The van der Waals surface area contributed by atoms with Crippen molar-refractivity contribution >= 4 is 17.7 Å². The Hall–Kier alpha value is -1.82. The minimum atomic E-state index is -0.767. The molecule has 0 aliphatic carbocycles. The zero-order valence-corrected chi connectivity index (χ0v) is 17.9. The average Bonchev–Trinajstić information content (AvgIpc) is 2.79. The van der Waals surface area contributed by atoms with Crippen LogP contribution in [0.5, 0.6) is 0 Å². The molecule has 0 atom stereocenters. The third-order valence-electron chi connectivity index (χ3n) is 6.47. The first-order valence-corrected chi connectivity index (χ1v) is 11.8. The number of nitrogens with one attached hydrogen (secondary N) is 1. The van der Waals surface area contributed by atoms with Gasteiger partial charge in [0.15, 0.2) is 0 Å². The number of amides is 1. The van der Waals surface area contributed by atoms with E-state index < -0.39 is 5.60 Å². The van der Waals surface area contributed by atoms with Gasteiger partial charge < -0.3 is 15.3 Å². The second-order valence-corrected chi connectivity index (χ2v) is 9.08. The van der Waals surface area contributed by atoms with Gasteiger partial charge in [-0.05, 0) is 86.3 Å². The molecule has 2 fully saturated rings. The maximum atomic E-state index is 12.9. The van der Waals surface area contributed by atoms with Crippen molar-refractivity contribution in [3.8, 4) is 0 Å². The summed E-state index contributed by atoms with van der Waals surface area (Å²) in [4.78, 5) is 16.2. The fraction of sp³-hybridized carbons (Fsp3) is 0.458. The fourth-order valence-electron chi connectivity index (χ4n) is 4.53. The molecule has 0 saturated carbocycles. The lowest BCUT2D eigenvalue weighted by atomic mass is 9.84. The van der Waals surface area contributed by atoms with Crippen LogP contribution in [-0.2, 0) is 5.60 Å². The van der Waals surface area contributed by atoms with Crippen molar-refractivity contribution in [2.45, 2.75) is 42.1 Å². The number of thioether (sulfide) groups is 1. The molecule has 1 amide bonds. The standard InChI is InChI=1S/C24H30N2O2S/c1-29-22-8-4-18(5-9-22)19-10-16-26(17-11-19)23(27)20-2-6-21(7-3-20)24(28)12-14-25-15-13-24/h2-9,19,25,28H,10-17H2,1H3. The monoisotopic (exact) mass is 410 g/mol. The molecule has 0 bridgehead atoms. The summed E-state index contributed by atoms with van der Waals surface area (Å²) in [5.41, 5.74) is 2.25. The molecule has 0 radical (unpaired) electrons. The first-order valence-electron chi connectivity index (χ1n) is 10.6. The Morgan fingerprint density at radius 1 is 1.03 bits per heavy atom. The Kier molecular flexibility index (Phi) is 6.28. The fourth-order valence-corrected chi connectivity index (χ4v) is 4.93. The molecule has 2 aromatic rings. The highest BCUT2D eigenvalue weighted by atomic mass is 32.2. The molecule has 2 heterocycles. The quantitative estimate of drug-likeness (QED) is 0.748. The van der Waals surface area contributed by atoms with E-state index in [0.29, 0.717) is 24.3 Å². The van der Waals surface area contributed by atoms with E-state index in [1.807, 2.05) is 29.2 Å². The van der Waals surface area contributed by atoms with Crippen LogP contribution in [0.15, 0.2) is 53.4 Å². The number of hydrogen-bond donors (Lipinski definition) is 2. The van der Waals surface area contributed by atoms with E-state index in [-0.39, 0.29) is 5.91 Å². The maximum absolute atomic E-state index is 12.9. The van der Waals surface area contributed by atoms with Crippen LogP contribution < -0.4 is 5.32 Å². The van der Waals surface area contributed by atoms with E-state index in [9.17, 15) is 9.90 Å². The second-order valence-electron chi connectivity index (χ2n) is 8.20. The zero-order valence-electron chi connectivity index (χ0n) is 17.1. The predicted octanol–water partition coefficient (Wildman–Crippen LogP) is 4.00. The summed E-state index contributed by atoms with van der Waals surface area (Å²) >= 11 is 1.76. The van der Waals surface area contributed by atoms with Crippen LogP contribution in [0.3, 0.4) is 0 Å². The summed E-state index contributed by atoms with van der Waals surface area (Å²) < 4.78 is 0. The number of hydrogen-bond acceptors (Lipinski definition) is 4. The highest BCUT2D eigenvalue weighted by molar-refractivity contribution is 7.98. The van der Waals surface area contributed by atoms with E-state index in [4.69, 9.17) is 0 Å². The predicted molar refractivity (Wildman–Crippen MR) is 119 cm³/mol. The Morgan fingerprint density at radius 3 is 2.24 bits per heavy atom. The van der Waals surface area contributed by atoms with Crippen LogP contribution in [-0.4, -0.2) is 48.3 Å². The van der Waals surface area contributed by atoms with Crippen molar-refractivity contribution in [3.05, 3.63) is 65.2 Å². The lowest BCUT2D eigenvalue weighted by Crippen LogP contribution is -2.40. The molecular weight excluding hydrogens is 380 g/mol. The molecule has 4 rings (SSSR count). The van der Waals surface area contributed by atoms with E-state index in [0.717, 1.165) is 44.6 Å². The van der Waals surface area contributed by atoms with Crippen LogP contribution in [0.2, 0.25) is 0 Å². The molecule has 0 unspecified atom stereocenters. The van der Waals surface area contributed by atoms with Gasteiger partial charge in [0.05, 0.1) is 5.60 Å². The molecule has 4 nitrogen and oxygen atoms in total. The SMILES string of the molecule is CSc1ccc(C2CCN(C(=O)c3ccc(C4(O)CCNCC4)cc3)CC2)cc1. The van der Waals surface area contributed by atoms with Crippen molar-refractivity contribution in [3.63, 3.8) is 0 Å². The summed E-state index contributed by atoms with van der Waals surface area (Å²) in [6, 6.07) is 16.5. The summed E-state index contributed by atoms with van der Waals surface area (Å²) in [5.74, 6) is 0.636. The maximum Gasteiger partial charge on any atom is 0.253 e. The molecule has 154 valence electrons. The van der Waals surface area contributed by atoms with Crippen LogP contribution in [0, 0.1) is 0 Å². The van der Waals surface area contributed by atoms with E-state index in [1.165, 1.54) is 10.5 Å². The molecular formula is C24H30N2O2S. The molecule has 2 aliphatic rings. The molecule has 29 heavy (non-hydrogen) atoms. The summed E-state index contributed by atoms with van der Waals surface area (Å²) in [5, 5.41) is 14.1. The Balaban J connectivity index is 1.36. The van der Waals surface area contributed by atoms with Gasteiger partial charge in [-0.25, -0.2) is 0 Å². The average molecular weight is 411 g/mol. The lowest BCUT2D eigenvalue weighted by Gasteiger charge is -2.34. The van der Waals surface area contributed by atoms with Gasteiger partial charge in [0, 0.05) is 23.5 Å². The Labute approximate surface area is 177 Å². The van der Waals surface area contributed by atoms with E-state index >= 15 is 0 Å². The largest absolute Gasteiger partial charge is 0.385 e. The molecule has 2 saturated heterocycles. The van der Waals surface area contributed by atoms with Gasteiger partial charge in [-0.1, -0.05) is 24.3 Å². The molecule has 0 spiro atoms. The van der Waals surface area contributed by atoms with Crippen LogP contribution in [0.1, 0.15) is 53.1 Å². The lowest BCUT2D eigenvalue weighted by molar-refractivity contribution is 0.00590. The third kappa shape index (κ3) is 4.52. The number of rotatable bonds is 4. The topological polar surface area (TPSA) is 52.6 Å². The highest BCUT2D eigenvalue weighted by Crippen LogP contribution is 2.32. The normalized spacial score (nSPS) is 19.9. The van der Waals surface area contributed by atoms with Gasteiger partial charge in [-0.3, -0.25) is 4.79 Å². The number of carbonyl (C=O) groups is 1. The van der Waals surface area contributed by atoms with Gasteiger partial charge in [0.25, 0.3) is 5.91 Å². The van der Waals surface area contributed by atoms with Crippen molar-refractivity contribution < 1.29 is 9.90 Å². The first-order chi connectivity index (χ1) is 14.1. The highest BCUT2D eigenvalue weighted by Gasteiger charge is 2.31. The summed E-state index contributed by atoms with van der Waals surface area (Å²) in [6.45, 7) is 3.24. The third-order valence-corrected chi connectivity index (χ3v) is 7.21. The van der Waals surface area contributed by atoms with E-state index in [2.05, 4.69) is 35.8 Å². The number of piperidine rings is 2. The molecule has 2 aliphatic heterocycles. The second kappa shape index (κ2) is 8.90. The minimum absolute atomic E-state index is 0.102. The Bertz CT molecular complexity index is 821. The van der Waals surface area contributed by atoms with E-state index in [1.54, 1.807) is 11.8 Å². The van der Waals surface area contributed by atoms with Crippen molar-refractivity contribution in [1.29, 1.82) is 0 Å². The van der Waals surface area contributed by atoms with Gasteiger partial charge in [0.1, 0.15) is 0 Å². The molecule has 2 N–H and O–H groups in total. The van der Waals surface area contributed by atoms with Crippen LogP contribution >= 0.6 is 11.8 Å². The van der Waals surface area contributed by atoms with Crippen molar-refractivity contribution in [2.24, 2.45) is 0 Å². The molecule has 5 heteroatoms. The zero-order chi connectivity index (χ0) is 20.3. The number of aliphatic hydroxyl groups is 1. The minimum Gasteiger partial charge on any atom is -0.385 e. The van der Waals surface area contributed by atoms with Gasteiger partial charge in [-0.2, -0.15) is 0 Å². The van der Waals surface area contributed by atoms with Crippen molar-refractivity contribution in [1.82, 2.24) is 10.2 Å². The smallest absolute Gasteiger partial charge is 0.253 e. The number of benzene rings is 2. The number of carbonyl (C=O) groups excluding carboxylic acids is 1. The summed E-state index contributed by atoms with van der Waals surface area (Å²) in [6.07, 6.45) is 5.54. The van der Waals surface area contributed by atoms with Gasteiger partial charge in [-0.15, -0.1) is 11.8 Å². The first kappa shape index (κ1) is 20.5. The summed E-state index contributed by atoms with van der Waals surface area (Å²) in [7, 11) is 0. The Morgan fingerprint density at radius 2 is 1.66 bits per heavy atom. The van der Waals surface area contributed by atoms with Crippen LogP contribution in [0.4, 0.5) is 0 Å².